The average Bonchev–Trinajstić information content (AvgIpc) is 2.94. The van der Waals surface area contributed by atoms with Gasteiger partial charge in [0.25, 0.3) is 0 Å². The van der Waals surface area contributed by atoms with Crippen molar-refractivity contribution in [3.8, 4) is 0 Å². The molecule has 0 aromatic carbocycles. The molecule has 0 spiro atoms. The summed E-state index contributed by atoms with van der Waals surface area (Å²) in [6, 6.07) is 0. The zero-order valence-electron chi connectivity index (χ0n) is 12.4. The lowest BCUT2D eigenvalue weighted by atomic mass is 10.1. The van der Waals surface area contributed by atoms with Gasteiger partial charge in [0, 0.05) is 20.5 Å². The normalized spacial score (nSPS) is 22.1. The zero-order chi connectivity index (χ0) is 15.6. The van der Waals surface area contributed by atoms with Gasteiger partial charge in [0.2, 0.25) is 5.91 Å². The molecule has 21 heavy (non-hydrogen) atoms. The SMILES string of the molecule is CNC(=O)[C@H](C)Sc1nnc(C[C@@H]2CCS(=O)(=O)C2)n1C. The van der Waals surface area contributed by atoms with Gasteiger partial charge in [-0.2, -0.15) is 0 Å². The van der Waals surface area contributed by atoms with Gasteiger partial charge in [-0.25, -0.2) is 8.42 Å². The zero-order valence-corrected chi connectivity index (χ0v) is 14.0. The fourth-order valence-electron chi connectivity index (χ4n) is 2.33. The molecule has 0 saturated carbocycles. The number of rotatable bonds is 5. The maximum absolute atomic E-state index is 11.5. The monoisotopic (exact) mass is 332 g/mol. The summed E-state index contributed by atoms with van der Waals surface area (Å²) >= 11 is 1.34. The molecule has 9 heteroatoms. The van der Waals surface area contributed by atoms with Crippen molar-refractivity contribution < 1.29 is 13.2 Å². The largest absolute Gasteiger partial charge is 0.358 e. The molecular weight excluding hydrogens is 312 g/mol. The maximum atomic E-state index is 11.5. The van der Waals surface area contributed by atoms with Crippen LogP contribution in [0.2, 0.25) is 0 Å². The molecule has 0 aliphatic carbocycles. The van der Waals surface area contributed by atoms with Crippen molar-refractivity contribution in [2.24, 2.45) is 13.0 Å². The molecule has 0 bridgehead atoms. The molecule has 0 radical (unpaired) electrons. The summed E-state index contributed by atoms with van der Waals surface area (Å²) < 4.78 is 24.8. The van der Waals surface area contributed by atoms with Gasteiger partial charge in [0.15, 0.2) is 15.0 Å². The van der Waals surface area contributed by atoms with E-state index in [2.05, 4.69) is 15.5 Å². The second-order valence-corrected chi connectivity index (χ2v) is 8.84. The van der Waals surface area contributed by atoms with Crippen LogP contribution in [0.5, 0.6) is 0 Å². The Balaban J connectivity index is 2.02. The van der Waals surface area contributed by atoms with Crippen molar-refractivity contribution in [3.63, 3.8) is 0 Å². The quantitative estimate of drug-likeness (QED) is 0.764. The molecule has 1 amide bonds. The third-order valence-corrected chi connectivity index (χ3v) is 6.59. The van der Waals surface area contributed by atoms with Gasteiger partial charge in [-0.1, -0.05) is 11.8 Å². The fourth-order valence-corrected chi connectivity index (χ4v) is 5.09. The van der Waals surface area contributed by atoms with Crippen molar-refractivity contribution in [1.29, 1.82) is 0 Å². The Hall–Kier alpha value is -1.09. The Kier molecular flexibility index (Phi) is 4.92. The number of nitrogens with one attached hydrogen (secondary N) is 1. The lowest BCUT2D eigenvalue weighted by Crippen LogP contribution is -2.27. The average molecular weight is 332 g/mol. The highest BCUT2D eigenvalue weighted by Gasteiger charge is 2.29. The smallest absolute Gasteiger partial charge is 0.233 e. The summed E-state index contributed by atoms with van der Waals surface area (Å²) in [6.07, 6.45) is 1.30. The maximum Gasteiger partial charge on any atom is 0.233 e. The lowest BCUT2D eigenvalue weighted by molar-refractivity contribution is -0.119. The van der Waals surface area contributed by atoms with Gasteiger partial charge >= 0.3 is 0 Å². The minimum Gasteiger partial charge on any atom is -0.358 e. The molecule has 1 aromatic heterocycles. The van der Waals surface area contributed by atoms with E-state index in [1.165, 1.54) is 11.8 Å². The van der Waals surface area contributed by atoms with Gasteiger partial charge in [-0.3, -0.25) is 4.79 Å². The summed E-state index contributed by atoms with van der Waals surface area (Å²) in [4.78, 5) is 11.5. The third-order valence-electron chi connectivity index (χ3n) is 3.62. The molecule has 2 atom stereocenters. The van der Waals surface area contributed by atoms with Crippen LogP contribution >= 0.6 is 11.8 Å². The van der Waals surface area contributed by atoms with Crippen molar-refractivity contribution in [2.45, 2.75) is 30.2 Å². The second-order valence-electron chi connectivity index (χ2n) is 5.31. The number of carbonyl (C=O) groups excluding carboxylic acids is 1. The number of thioether (sulfide) groups is 1. The molecule has 1 aromatic rings. The van der Waals surface area contributed by atoms with Crippen LogP contribution < -0.4 is 5.32 Å². The summed E-state index contributed by atoms with van der Waals surface area (Å²) in [5.41, 5.74) is 0. The van der Waals surface area contributed by atoms with E-state index in [4.69, 9.17) is 0 Å². The van der Waals surface area contributed by atoms with E-state index < -0.39 is 9.84 Å². The van der Waals surface area contributed by atoms with Gasteiger partial charge in [0.05, 0.1) is 16.8 Å². The molecular formula is C12H20N4O3S2. The van der Waals surface area contributed by atoms with E-state index in [1.807, 2.05) is 11.6 Å². The first-order chi connectivity index (χ1) is 9.82. The number of aromatic nitrogens is 3. The van der Waals surface area contributed by atoms with Crippen molar-refractivity contribution in [1.82, 2.24) is 20.1 Å². The molecule has 1 fully saturated rings. The van der Waals surface area contributed by atoms with E-state index in [9.17, 15) is 13.2 Å². The van der Waals surface area contributed by atoms with Crippen LogP contribution in [-0.2, 0) is 28.1 Å². The highest BCUT2D eigenvalue weighted by Crippen LogP contribution is 2.25. The number of amides is 1. The molecule has 1 aliphatic rings. The highest BCUT2D eigenvalue weighted by molar-refractivity contribution is 8.00. The Labute approximate surface area is 128 Å². The topological polar surface area (TPSA) is 94.0 Å². The number of hydrogen-bond donors (Lipinski definition) is 1. The predicted molar refractivity (Wildman–Crippen MR) is 80.9 cm³/mol. The van der Waals surface area contributed by atoms with Crippen LogP contribution in [0, 0.1) is 5.92 Å². The number of nitrogens with zero attached hydrogens (tertiary/aromatic N) is 3. The first-order valence-corrected chi connectivity index (χ1v) is 9.49. The Morgan fingerprint density at radius 3 is 2.81 bits per heavy atom. The number of hydrogen-bond acceptors (Lipinski definition) is 6. The summed E-state index contributed by atoms with van der Waals surface area (Å²) in [5.74, 6) is 1.32. The van der Waals surface area contributed by atoms with Gasteiger partial charge < -0.3 is 9.88 Å². The van der Waals surface area contributed by atoms with E-state index >= 15 is 0 Å². The van der Waals surface area contributed by atoms with E-state index in [-0.39, 0.29) is 28.6 Å². The molecule has 1 saturated heterocycles. The number of carbonyl (C=O) groups is 1. The van der Waals surface area contributed by atoms with Crippen LogP contribution in [0.3, 0.4) is 0 Å². The minimum atomic E-state index is -2.87. The third kappa shape index (κ3) is 3.97. The van der Waals surface area contributed by atoms with E-state index in [0.717, 1.165) is 5.82 Å². The Morgan fingerprint density at radius 2 is 2.24 bits per heavy atom. The predicted octanol–water partition coefficient (Wildman–Crippen LogP) is 0.0189. The highest BCUT2D eigenvalue weighted by atomic mass is 32.2. The Bertz CT molecular complexity index is 626. The second kappa shape index (κ2) is 6.35. The van der Waals surface area contributed by atoms with Crippen LogP contribution in [0.4, 0.5) is 0 Å². The van der Waals surface area contributed by atoms with Crippen LogP contribution in [0.15, 0.2) is 5.16 Å². The molecule has 2 rings (SSSR count). The molecule has 1 aliphatic heterocycles. The van der Waals surface area contributed by atoms with Crippen molar-refractivity contribution in [3.05, 3.63) is 5.82 Å². The lowest BCUT2D eigenvalue weighted by Gasteiger charge is -2.10. The Morgan fingerprint density at radius 1 is 1.52 bits per heavy atom. The van der Waals surface area contributed by atoms with Gasteiger partial charge in [-0.15, -0.1) is 10.2 Å². The van der Waals surface area contributed by atoms with Crippen molar-refractivity contribution in [2.75, 3.05) is 18.6 Å². The summed E-state index contributed by atoms with van der Waals surface area (Å²) in [6.45, 7) is 1.81. The fraction of sp³-hybridized carbons (Fsp3) is 0.750. The van der Waals surface area contributed by atoms with Crippen LogP contribution in [0.1, 0.15) is 19.2 Å². The van der Waals surface area contributed by atoms with Gasteiger partial charge in [-0.05, 0) is 19.3 Å². The standard InChI is InChI=1S/C12H20N4O3S2/c1-8(11(17)13-2)20-12-15-14-10(16(12)3)6-9-4-5-21(18,19)7-9/h8-9H,4-7H2,1-3H3,(H,13,17)/t8-,9-/m0/s1. The molecule has 2 heterocycles. The molecule has 1 N–H and O–H groups in total. The summed E-state index contributed by atoms with van der Waals surface area (Å²) in [5, 5.41) is 11.2. The van der Waals surface area contributed by atoms with Gasteiger partial charge in [0.1, 0.15) is 5.82 Å². The first kappa shape index (κ1) is 16.3. The molecule has 0 unspecified atom stereocenters. The molecule has 7 nitrogen and oxygen atoms in total. The van der Waals surface area contributed by atoms with E-state index in [0.29, 0.717) is 18.0 Å². The van der Waals surface area contributed by atoms with Crippen molar-refractivity contribution >= 4 is 27.5 Å². The van der Waals surface area contributed by atoms with E-state index in [1.54, 1.807) is 14.0 Å². The molecule has 118 valence electrons. The number of sulfone groups is 1. The first-order valence-electron chi connectivity index (χ1n) is 6.79. The van der Waals surface area contributed by atoms with Crippen LogP contribution in [0.25, 0.3) is 0 Å². The minimum absolute atomic E-state index is 0.0635. The summed E-state index contributed by atoms with van der Waals surface area (Å²) in [7, 11) is 0.573. The van der Waals surface area contributed by atoms with Crippen LogP contribution in [-0.4, -0.2) is 52.9 Å².